The molecule has 1 saturated heterocycles. The van der Waals surface area contributed by atoms with Crippen molar-refractivity contribution >= 4 is 51.0 Å². The molecule has 11 heteroatoms. The summed E-state index contributed by atoms with van der Waals surface area (Å²) in [5, 5.41) is -0.130. The van der Waals surface area contributed by atoms with Crippen LogP contribution in [0.15, 0.2) is 48.0 Å². The maximum absolute atomic E-state index is 14.4. The minimum Gasteiger partial charge on any atom is -0.488 e. The third-order valence-corrected chi connectivity index (χ3v) is 21.6. The maximum atomic E-state index is 14.4. The first-order valence-electron chi connectivity index (χ1n) is 21.0. The molecular formula is C46H73IO8Si2. The molecule has 0 aromatic heterocycles. The number of rotatable bonds is 22. The number of ether oxygens (including phenoxy) is 4. The van der Waals surface area contributed by atoms with Crippen molar-refractivity contribution in [1.29, 1.82) is 0 Å². The third-order valence-electron chi connectivity index (χ3n) is 11.8. The molecule has 0 N–H and O–H groups in total. The zero-order valence-electron chi connectivity index (χ0n) is 37.8. The molecule has 320 valence electrons. The van der Waals surface area contributed by atoms with Gasteiger partial charge >= 0.3 is 5.97 Å². The zero-order chi connectivity index (χ0) is 43.0. The minimum absolute atomic E-state index is 0.0121. The Hall–Kier alpha value is -2.04. The maximum Gasteiger partial charge on any atom is 0.343 e. The van der Waals surface area contributed by atoms with Crippen LogP contribution in [0.4, 0.5) is 0 Å². The fourth-order valence-electron chi connectivity index (χ4n) is 6.37. The molecule has 2 aromatic carbocycles. The van der Waals surface area contributed by atoms with Gasteiger partial charge < -0.3 is 27.8 Å². The van der Waals surface area contributed by atoms with Crippen molar-refractivity contribution in [1.82, 2.24) is 0 Å². The second-order valence-corrected chi connectivity index (χ2v) is 29.6. The molecule has 0 spiro atoms. The molecule has 0 bridgehead atoms. The first kappa shape index (κ1) is 49.3. The summed E-state index contributed by atoms with van der Waals surface area (Å²) >= 11 is 2.36. The fraction of sp³-hybridized carbons (Fsp3) is 0.652. The smallest absolute Gasteiger partial charge is 0.343 e. The molecular weight excluding hydrogens is 864 g/mol. The summed E-state index contributed by atoms with van der Waals surface area (Å²) in [6, 6.07) is 12.4. The summed E-state index contributed by atoms with van der Waals surface area (Å²) in [4.78, 5) is 28.0. The topological polar surface area (TPSA) is 92.8 Å². The third kappa shape index (κ3) is 12.7. The Labute approximate surface area is 360 Å². The van der Waals surface area contributed by atoms with Gasteiger partial charge in [-0.2, -0.15) is 0 Å². The Morgan fingerprint density at radius 3 is 2.07 bits per heavy atom. The van der Waals surface area contributed by atoms with E-state index in [9.17, 15) is 9.59 Å². The van der Waals surface area contributed by atoms with Crippen LogP contribution in [-0.4, -0.2) is 59.4 Å². The number of hydrogen-bond acceptors (Lipinski definition) is 8. The highest BCUT2D eigenvalue weighted by atomic mass is 127. The van der Waals surface area contributed by atoms with E-state index in [0.717, 1.165) is 38.9 Å². The lowest BCUT2D eigenvalue weighted by Crippen LogP contribution is -2.52. The van der Waals surface area contributed by atoms with Crippen molar-refractivity contribution in [2.45, 2.75) is 176 Å². The summed E-state index contributed by atoms with van der Waals surface area (Å²) < 4.78 is 39.9. The lowest BCUT2D eigenvalue weighted by atomic mass is 9.90. The van der Waals surface area contributed by atoms with Crippen LogP contribution < -0.4 is 9.47 Å². The van der Waals surface area contributed by atoms with Crippen molar-refractivity contribution in [2.24, 2.45) is 5.92 Å². The molecule has 0 saturated carbocycles. The predicted molar refractivity (Wildman–Crippen MR) is 245 cm³/mol. The second kappa shape index (κ2) is 20.5. The normalized spacial score (nSPS) is 18.4. The summed E-state index contributed by atoms with van der Waals surface area (Å²) in [5.41, 5.74) is 2.46. The SMILES string of the molecule is CCC/C(=C\COc1c(I)cc(CC(C)C)c(OCc2ccccc2)c1CO[Si](C)(C)C(C)(C)C)C(=O)C[C@H](O[Si](C)(C)C(C)(C)C)[C@]1(C(=O)OCC)OC1CC. The van der Waals surface area contributed by atoms with Gasteiger partial charge in [-0.3, -0.25) is 4.79 Å². The molecule has 3 atom stereocenters. The van der Waals surface area contributed by atoms with Gasteiger partial charge in [-0.05, 0) is 120 Å². The molecule has 8 nitrogen and oxygen atoms in total. The first-order chi connectivity index (χ1) is 26.4. The first-order valence-corrected chi connectivity index (χ1v) is 27.9. The van der Waals surface area contributed by atoms with Crippen LogP contribution in [0.2, 0.25) is 36.3 Å². The largest absolute Gasteiger partial charge is 0.488 e. The van der Waals surface area contributed by atoms with Gasteiger partial charge in [0.1, 0.15) is 30.8 Å². The highest BCUT2D eigenvalue weighted by Crippen LogP contribution is 2.49. The van der Waals surface area contributed by atoms with Crippen LogP contribution in [0.3, 0.4) is 0 Å². The number of epoxide rings is 1. The van der Waals surface area contributed by atoms with E-state index >= 15 is 0 Å². The van der Waals surface area contributed by atoms with Crippen molar-refractivity contribution in [2.75, 3.05) is 13.2 Å². The Morgan fingerprint density at radius 1 is 0.912 bits per heavy atom. The highest BCUT2D eigenvalue weighted by molar-refractivity contribution is 14.1. The minimum atomic E-state index is -2.44. The number of allylic oxidation sites excluding steroid dienone is 1. The van der Waals surface area contributed by atoms with E-state index < -0.39 is 34.3 Å². The standard InChI is InChI=1S/C46H73IO8Si2/c1-16-22-34(38(48)29-40(55-57(14,15)45(9,10)11)46(39(17-2)54-46)43(49)50-18-3)25-26-51-42-36(31-53-56(12,13)44(6,7)8)41(35(27-32(4)5)28-37(42)47)52-30-33-23-20-19-21-24-33/h19-21,23-25,28,32,39-40H,16-18,22,26-27,29-31H2,1-15H3/b34-25+/t39?,40-,46+/m0/s1. The van der Waals surface area contributed by atoms with Crippen LogP contribution in [0.1, 0.15) is 119 Å². The molecule has 1 unspecified atom stereocenters. The van der Waals surface area contributed by atoms with Gasteiger partial charge in [0.05, 0.1) is 28.5 Å². The Bertz CT molecular complexity index is 1680. The van der Waals surface area contributed by atoms with Gasteiger partial charge in [-0.15, -0.1) is 0 Å². The molecule has 1 aliphatic rings. The van der Waals surface area contributed by atoms with Gasteiger partial charge in [0, 0.05) is 6.42 Å². The van der Waals surface area contributed by atoms with Gasteiger partial charge in [-0.25, -0.2) is 4.79 Å². The van der Waals surface area contributed by atoms with Gasteiger partial charge in [0.2, 0.25) is 5.60 Å². The highest BCUT2D eigenvalue weighted by Gasteiger charge is 2.69. The van der Waals surface area contributed by atoms with Crippen LogP contribution in [0.5, 0.6) is 11.5 Å². The van der Waals surface area contributed by atoms with Crippen molar-refractivity contribution in [3.63, 3.8) is 0 Å². The van der Waals surface area contributed by atoms with E-state index in [1.165, 1.54) is 0 Å². The summed E-state index contributed by atoms with van der Waals surface area (Å²) in [6.07, 6.45) is 3.57. The van der Waals surface area contributed by atoms with Gasteiger partial charge in [0.25, 0.3) is 0 Å². The quantitative estimate of drug-likeness (QED) is 0.0379. The van der Waals surface area contributed by atoms with Crippen LogP contribution in [-0.2, 0) is 47.5 Å². The van der Waals surface area contributed by atoms with Crippen molar-refractivity contribution in [3.8, 4) is 11.5 Å². The molecule has 1 aliphatic heterocycles. The van der Waals surface area contributed by atoms with E-state index in [1.807, 2.05) is 31.2 Å². The molecule has 1 fully saturated rings. The lowest BCUT2D eigenvalue weighted by molar-refractivity contribution is -0.154. The fourth-order valence-corrected chi connectivity index (χ4v) is 9.49. The number of esters is 1. The average Bonchev–Trinajstić information content (AvgIpc) is 3.86. The number of carbonyl (C=O) groups excluding carboxylic acids is 2. The van der Waals surface area contributed by atoms with E-state index in [-0.39, 0.29) is 41.6 Å². The lowest BCUT2D eigenvalue weighted by Gasteiger charge is -2.40. The summed E-state index contributed by atoms with van der Waals surface area (Å²) in [7, 11) is -4.60. The average molecular weight is 937 g/mol. The van der Waals surface area contributed by atoms with E-state index in [0.29, 0.717) is 43.3 Å². The Morgan fingerprint density at radius 2 is 1.54 bits per heavy atom. The molecule has 57 heavy (non-hydrogen) atoms. The van der Waals surface area contributed by atoms with Crippen LogP contribution >= 0.6 is 22.6 Å². The number of ketones is 1. The zero-order valence-corrected chi connectivity index (χ0v) is 41.9. The van der Waals surface area contributed by atoms with E-state index in [1.54, 1.807) is 6.92 Å². The Balaban J connectivity index is 2.06. The molecule has 2 aromatic rings. The van der Waals surface area contributed by atoms with Gasteiger partial charge in [0.15, 0.2) is 22.4 Å². The molecule has 0 radical (unpaired) electrons. The van der Waals surface area contributed by atoms with E-state index in [4.69, 9.17) is 27.8 Å². The predicted octanol–water partition coefficient (Wildman–Crippen LogP) is 12.2. The monoisotopic (exact) mass is 936 g/mol. The molecule has 3 rings (SSSR count). The molecule has 1 heterocycles. The summed E-state index contributed by atoms with van der Waals surface area (Å²) in [5.74, 6) is 1.40. The molecule has 0 aliphatic carbocycles. The van der Waals surface area contributed by atoms with Crippen molar-refractivity contribution < 1.29 is 37.4 Å². The van der Waals surface area contributed by atoms with Crippen molar-refractivity contribution in [3.05, 3.63) is 68.3 Å². The number of carbonyl (C=O) groups is 2. The second-order valence-electron chi connectivity index (χ2n) is 18.9. The number of benzene rings is 2. The number of Topliss-reactive ketones (excluding diaryl/α,β-unsaturated/α-hetero) is 1. The van der Waals surface area contributed by atoms with Crippen LogP contribution in [0, 0.1) is 9.49 Å². The Kier molecular flexibility index (Phi) is 17.7. The molecule has 0 amide bonds. The number of halogens is 1. The van der Waals surface area contributed by atoms with Gasteiger partial charge in [-0.1, -0.05) is 106 Å². The van der Waals surface area contributed by atoms with E-state index in [2.05, 4.69) is 129 Å². The number of hydrogen-bond donors (Lipinski definition) is 0. The van der Waals surface area contributed by atoms with Crippen LogP contribution in [0.25, 0.3) is 0 Å². The summed E-state index contributed by atoms with van der Waals surface area (Å²) in [6.45, 7) is 33.4.